The molecule has 3 fully saturated rings. The summed E-state index contributed by atoms with van der Waals surface area (Å²) in [5, 5.41) is 10.5. The number of thioether (sulfide) groups is 1. The molecule has 2 aromatic carbocycles. The Labute approximate surface area is 280 Å². The van der Waals surface area contributed by atoms with E-state index in [2.05, 4.69) is 32.6 Å². The van der Waals surface area contributed by atoms with E-state index in [1.165, 1.54) is 30.9 Å². The summed E-state index contributed by atoms with van der Waals surface area (Å²) in [4.78, 5) is 43.7. The molecule has 1 saturated carbocycles. The lowest BCUT2D eigenvalue weighted by atomic mass is 9.93. The molecule has 0 bridgehead atoms. The maximum atomic E-state index is 14.0. The topological polar surface area (TPSA) is 104 Å². The third-order valence-corrected chi connectivity index (χ3v) is 11.3. The zero-order chi connectivity index (χ0) is 31.9. The van der Waals surface area contributed by atoms with Gasteiger partial charge in [-0.1, -0.05) is 54.8 Å². The lowest BCUT2D eigenvalue weighted by Crippen LogP contribution is -2.61. The van der Waals surface area contributed by atoms with Gasteiger partial charge in [-0.25, -0.2) is 0 Å². The zero-order valence-electron chi connectivity index (χ0n) is 26.4. The number of fused-ring (bicyclic) bond motifs is 1. The molecule has 3 amide bonds. The van der Waals surface area contributed by atoms with Gasteiger partial charge in [0.1, 0.15) is 17.2 Å². The van der Waals surface area contributed by atoms with Crippen molar-refractivity contribution in [2.45, 2.75) is 69.4 Å². The van der Waals surface area contributed by atoms with Crippen molar-refractivity contribution >= 4 is 52.1 Å². The molecule has 3 heterocycles. The Hall–Kier alpha value is -3.01. The van der Waals surface area contributed by atoms with Crippen LogP contribution in [0.5, 0.6) is 0 Å². The number of rotatable bonds is 11. The van der Waals surface area contributed by atoms with Crippen molar-refractivity contribution in [1.29, 1.82) is 0 Å². The van der Waals surface area contributed by atoms with E-state index in [4.69, 9.17) is 16.0 Å². The molecule has 3 N–H and O–H groups in total. The number of hydrogen-bond donors (Lipinski definition) is 3. The van der Waals surface area contributed by atoms with Gasteiger partial charge in [-0.05, 0) is 105 Å². The third-order valence-electron chi connectivity index (χ3n) is 9.98. The van der Waals surface area contributed by atoms with Crippen molar-refractivity contribution < 1.29 is 18.8 Å². The number of nitrogens with one attached hydrogen (secondary N) is 3. The first-order valence-corrected chi connectivity index (χ1v) is 18.3. The molecule has 0 unspecified atom stereocenters. The van der Waals surface area contributed by atoms with E-state index in [1.807, 2.05) is 30.3 Å². The predicted octanol–water partition coefficient (Wildman–Crippen LogP) is 5.83. The van der Waals surface area contributed by atoms with Crippen LogP contribution in [0.2, 0.25) is 5.02 Å². The lowest BCUT2D eigenvalue weighted by Gasteiger charge is -2.35. The highest BCUT2D eigenvalue weighted by atomic mass is 35.5. The second kappa shape index (κ2) is 15.3. The number of carbonyl (C=O) groups is 3. The van der Waals surface area contributed by atoms with Gasteiger partial charge in [-0.2, -0.15) is 11.8 Å². The summed E-state index contributed by atoms with van der Waals surface area (Å²) < 4.78 is 5.78. The Bertz CT molecular complexity index is 1490. The molecule has 0 spiro atoms. The fraction of sp³-hybridized carbons (Fsp3) is 0.528. The minimum Gasteiger partial charge on any atom is -0.451 e. The number of likely N-dealkylation sites (tertiary alicyclic amines) is 1. The van der Waals surface area contributed by atoms with Gasteiger partial charge in [0.25, 0.3) is 5.91 Å². The van der Waals surface area contributed by atoms with Gasteiger partial charge in [-0.15, -0.1) is 0 Å². The first-order chi connectivity index (χ1) is 22.4. The van der Waals surface area contributed by atoms with E-state index in [1.54, 1.807) is 24.3 Å². The van der Waals surface area contributed by atoms with Gasteiger partial charge in [0.15, 0.2) is 5.76 Å². The van der Waals surface area contributed by atoms with Gasteiger partial charge in [0, 0.05) is 29.9 Å². The highest BCUT2D eigenvalue weighted by Crippen LogP contribution is 2.32. The van der Waals surface area contributed by atoms with Crippen molar-refractivity contribution in [3.8, 4) is 0 Å². The fourth-order valence-corrected chi connectivity index (χ4v) is 8.57. The number of nitrogens with zero attached hydrogens (tertiary/aromatic N) is 1. The van der Waals surface area contributed by atoms with Crippen LogP contribution in [0.4, 0.5) is 0 Å². The molecule has 2 aliphatic heterocycles. The maximum Gasteiger partial charge on any atom is 0.287 e. The van der Waals surface area contributed by atoms with Crippen LogP contribution < -0.4 is 16.0 Å². The summed E-state index contributed by atoms with van der Waals surface area (Å²) in [5.41, 5.74) is 0.392. The molecule has 8 nitrogen and oxygen atoms in total. The third kappa shape index (κ3) is 8.28. The molecule has 46 heavy (non-hydrogen) atoms. The van der Waals surface area contributed by atoms with Crippen molar-refractivity contribution in [2.75, 3.05) is 37.7 Å². The molecule has 0 radical (unpaired) electrons. The van der Waals surface area contributed by atoms with E-state index in [9.17, 15) is 14.4 Å². The van der Waals surface area contributed by atoms with Crippen LogP contribution in [0, 0.1) is 11.8 Å². The van der Waals surface area contributed by atoms with Crippen LogP contribution in [-0.4, -0.2) is 71.9 Å². The Balaban J connectivity index is 1.08. The normalized spacial score (nSPS) is 19.9. The molecule has 1 aliphatic carbocycles. The summed E-state index contributed by atoms with van der Waals surface area (Å²) in [6.45, 7) is 3.96. The van der Waals surface area contributed by atoms with Crippen molar-refractivity contribution in [1.82, 2.24) is 20.9 Å². The largest absolute Gasteiger partial charge is 0.451 e. The van der Waals surface area contributed by atoms with Gasteiger partial charge >= 0.3 is 0 Å². The summed E-state index contributed by atoms with van der Waals surface area (Å²) in [7, 11) is 0. The molecule has 2 saturated heterocycles. The van der Waals surface area contributed by atoms with E-state index in [0.29, 0.717) is 42.3 Å². The number of hydrogen-bond acceptors (Lipinski definition) is 6. The number of carbonyl (C=O) groups excluding carboxylic acids is 3. The summed E-state index contributed by atoms with van der Waals surface area (Å²) in [6.07, 6.45) is 7.76. The zero-order valence-corrected chi connectivity index (χ0v) is 28.0. The van der Waals surface area contributed by atoms with Crippen molar-refractivity contribution in [3.05, 3.63) is 70.9 Å². The van der Waals surface area contributed by atoms with E-state index >= 15 is 0 Å². The smallest absolute Gasteiger partial charge is 0.287 e. The van der Waals surface area contributed by atoms with Crippen LogP contribution in [0.1, 0.15) is 67.5 Å². The summed E-state index contributed by atoms with van der Waals surface area (Å²) in [5.74, 6) is 2.98. The van der Waals surface area contributed by atoms with Gasteiger partial charge < -0.3 is 25.3 Å². The molecular formula is C36H45ClN4O4S. The van der Waals surface area contributed by atoms with Crippen LogP contribution in [0.3, 0.4) is 0 Å². The molecule has 246 valence electrons. The molecule has 1 aromatic heterocycles. The second-order valence-corrected chi connectivity index (χ2v) is 15.0. The Morgan fingerprint density at radius 1 is 0.957 bits per heavy atom. The molecule has 3 aliphatic rings. The molecule has 10 heteroatoms. The summed E-state index contributed by atoms with van der Waals surface area (Å²) in [6, 6.07) is 15.8. The standard InChI is InChI=1S/C36H45ClN4O4S/c37-29-8-9-31-28(21-29)22-32(45-31)34(43)40-36(14-4-5-15-36)35(44)39-30(20-25-6-2-1-3-7-25)33(42)38-23-26-10-16-41(17-11-26)24-27-12-18-46-19-13-27/h1-3,6-9,21-22,26-27,30H,4-5,10-20,23-24H2,(H,38,42)(H,39,44)(H,40,43)/t30-/m1/s1. The fourth-order valence-electron chi connectivity index (χ4n) is 7.18. The second-order valence-electron chi connectivity index (χ2n) is 13.3. The number of furan rings is 1. The number of benzene rings is 2. The van der Waals surface area contributed by atoms with Gasteiger partial charge in [0.2, 0.25) is 11.8 Å². The molecule has 6 rings (SSSR count). The van der Waals surface area contributed by atoms with Crippen LogP contribution in [0.15, 0.2) is 59.0 Å². The van der Waals surface area contributed by atoms with E-state index < -0.39 is 17.5 Å². The average molecular weight is 665 g/mol. The highest BCUT2D eigenvalue weighted by molar-refractivity contribution is 7.99. The number of amides is 3. The minimum absolute atomic E-state index is 0.124. The Morgan fingerprint density at radius 3 is 2.43 bits per heavy atom. The van der Waals surface area contributed by atoms with Gasteiger partial charge in [-0.3, -0.25) is 14.4 Å². The van der Waals surface area contributed by atoms with Crippen LogP contribution >= 0.6 is 23.4 Å². The first-order valence-electron chi connectivity index (χ1n) is 16.8. The van der Waals surface area contributed by atoms with Crippen LogP contribution in [-0.2, 0) is 16.0 Å². The van der Waals surface area contributed by atoms with Gasteiger partial charge in [0.05, 0.1) is 0 Å². The molecule has 3 aromatic rings. The monoisotopic (exact) mass is 664 g/mol. The van der Waals surface area contributed by atoms with Crippen LogP contribution in [0.25, 0.3) is 11.0 Å². The summed E-state index contributed by atoms with van der Waals surface area (Å²) >= 11 is 8.19. The Morgan fingerprint density at radius 2 is 1.70 bits per heavy atom. The Kier molecular flexibility index (Phi) is 10.9. The SMILES string of the molecule is O=C(NC1(C(=O)N[C@H](Cc2ccccc2)C(=O)NCC2CCN(CC3CCSCC3)CC2)CCCC1)c1cc2cc(Cl)ccc2o1. The highest BCUT2D eigenvalue weighted by Gasteiger charge is 2.44. The van der Waals surface area contributed by atoms with Crippen molar-refractivity contribution in [2.24, 2.45) is 11.8 Å². The molecule has 1 atom stereocenters. The van der Waals surface area contributed by atoms with Crippen molar-refractivity contribution in [3.63, 3.8) is 0 Å². The maximum absolute atomic E-state index is 14.0. The number of piperidine rings is 1. The minimum atomic E-state index is -1.12. The van der Waals surface area contributed by atoms with E-state index in [-0.39, 0.29) is 17.6 Å². The predicted molar refractivity (Wildman–Crippen MR) is 184 cm³/mol. The number of halogens is 1. The first kappa shape index (κ1) is 32.9. The average Bonchev–Trinajstić information content (AvgIpc) is 3.73. The van der Waals surface area contributed by atoms with E-state index in [0.717, 1.165) is 55.6 Å². The quantitative estimate of drug-likeness (QED) is 0.239. The lowest BCUT2D eigenvalue weighted by molar-refractivity contribution is -0.132. The molecular weight excluding hydrogens is 620 g/mol.